The minimum atomic E-state index is -0.195. The fraction of sp³-hybridized carbons (Fsp3) is 0.200. The third-order valence-electron chi connectivity index (χ3n) is 4.47. The molecule has 0 unspecified atom stereocenters. The van der Waals surface area contributed by atoms with E-state index in [4.69, 9.17) is 9.47 Å². The second kappa shape index (κ2) is 11.4. The SMILES string of the molecule is CN(C)C(=O)c1ccc(NC(=O)CNc2cccc(OCCOc3ccccc3)c2)cc1. The van der Waals surface area contributed by atoms with Gasteiger partial charge in [0.25, 0.3) is 5.91 Å². The summed E-state index contributed by atoms with van der Waals surface area (Å²) in [5.74, 6) is 1.21. The lowest BCUT2D eigenvalue weighted by molar-refractivity contribution is -0.114. The molecule has 3 aromatic carbocycles. The summed E-state index contributed by atoms with van der Waals surface area (Å²) in [5, 5.41) is 5.89. The van der Waals surface area contributed by atoms with Crippen LogP contribution in [0.3, 0.4) is 0 Å². The molecule has 0 bridgehead atoms. The number of ether oxygens (including phenoxy) is 2. The quantitative estimate of drug-likeness (QED) is 0.474. The summed E-state index contributed by atoms with van der Waals surface area (Å²) in [6.07, 6.45) is 0. The molecule has 7 nitrogen and oxygen atoms in total. The molecule has 166 valence electrons. The fourth-order valence-corrected chi connectivity index (χ4v) is 2.87. The highest BCUT2D eigenvalue weighted by Crippen LogP contribution is 2.17. The molecule has 0 aliphatic carbocycles. The van der Waals surface area contributed by atoms with E-state index in [1.165, 1.54) is 4.90 Å². The summed E-state index contributed by atoms with van der Waals surface area (Å²) in [6.45, 7) is 0.938. The van der Waals surface area contributed by atoms with E-state index in [-0.39, 0.29) is 18.4 Å². The Kier molecular flexibility index (Phi) is 8.09. The number of carbonyl (C=O) groups excluding carboxylic acids is 2. The molecule has 0 atom stereocenters. The summed E-state index contributed by atoms with van der Waals surface area (Å²) >= 11 is 0. The number of rotatable bonds is 10. The van der Waals surface area contributed by atoms with Gasteiger partial charge in [-0.3, -0.25) is 9.59 Å². The molecule has 2 N–H and O–H groups in total. The van der Waals surface area contributed by atoms with Gasteiger partial charge in [-0.15, -0.1) is 0 Å². The van der Waals surface area contributed by atoms with Gasteiger partial charge < -0.3 is 25.0 Å². The average Bonchev–Trinajstić information content (AvgIpc) is 2.81. The van der Waals surface area contributed by atoms with Crippen LogP contribution in [0.5, 0.6) is 11.5 Å². The lowest BCUT2D eigenvalue weighted by atomic mass is 10.2. The number of hydrogen-bond acceptors (Lipinski definition) is 5. The van der Waals surface area contributed by atoms with Gasteiger partial charge >= 0.3 is 0 Å². The Morgan fingerprint density at radius 2 is 1.44 bits per heavy atom. The number of carbonyl (C=O) groups is 2. The average molecular weight is 434 g/mol. The van der Waals surface area contributed by atoms with E-state index < -0.39 is 0 Å². The van der Waals surface area contributed by atoms with Gasteiger partial charge in [-0.05, 0) is 48.5 Å². The van der Waals surface area contributed by atoms with Crippen molar-refractivity contribution in [1.82, 2.24) is 4.90 Å². The number of nitrogens with zero attached hydrogens (tertiary/aromatic N) is 1. The number of para-hydroxylation sites is 1. The normalized spacial score (nSPS) is 10.2. The Hall–Kier alpha value is -4.00. The molecule has 0 saturated heterocycles. The Morgan fingerprint density at radius 1 is 0.781 bits per heavy atom. The van der Waals surface area contributed by atoms with Gasteiger partial charge in [0.05, 0.1) is 6.54 Å². The Balaban J connectivity index is 1.42. The lowest BCUT2D eigenvalue weighted by Crippen LogP contribution is -2.23. The molecule has 2 amide bonds. The van der Waals surface area contributed by atoms with Crippen LogP contribution in [0.2, 0.25) is 0 Å². The van der Waals surface area contributed by atoms with Crippen molar-refractivity contribution < 1.29 is 19.1 Å². The van der Waals surface area contributed by atoms with Crippen molar-refractivity contribution in [3.63, 3.8) is 0 Å². The van der Waals surface area contributed by atoms with Crippen LogP contribution in [0, 0.1) is 0 Å². The van der Waals surface area contributed by atoms with Crippen LogP contribution >= 0.6 is 0 Å². The predicted octanol–water partition coefficient (Wildman–Crippen LogP) is 3.90. The zero-order chi connectivity index (χ0) is 22.8. The van der Waals surface area contributed by atoms with E-state index in [9.17, 15) is 9.59 Å². The van der Waals surface area contributed by atoms with E-state index in [2.05, 4.69) is 10.6 Å². The number of anilines is 2. The fourth-order valence-electron chi connectivity index (χ4n) is 2.87. The van der Waals surface area contributed by atoms with E-state index in [1.807, 2.05) is 54.6 Å². The van der Waals surface area contributed by atoms with Crippen LogP contribution < -0.4 is 20.1 Å². The minimum absolute atomic E-state index is 0.0849. The van der Waals surface area contributed by atoms with E-state index in [0.717, 1.165) is 11.4 Å². The first-order valence-electron chi connectivity index (χ1n) is 10.3. The van der Waals surface area contributed by atoms with Gasteiger partial charge in [-0.2, -0.15) is 0 Å². The van der Waals surface area contributed by atoms with Gasteiger partial charge in [0.15, 0.2) is 0 Å². The van der Waals surface area contributed by atoms with Crippen LogP contribution in [0.25, 0.3) is 0 Å². The summed E-state index contributed by atoms with van der Waals surface area (Å²) in [7, 11) is 3.39. The number of amides is 2. The van der Waals surface area contributed by atoms with Crippen LogP contribution in [0.15, 0.2) is 78.9 Å². The Morgan fingerprint density at radius 3 is 2.12 bits per heavy atom. The maximum absolute atomic E-state index is 12.2. The highest BCUT2D eigenvalue weighted by molar-refractivity contribution is 5.96. The van der Waals surface area contributed by atoms with Crippen molar-refractivity contribution in [3.05, 3.63) is 84.4 Å². The molecule has 3 aromatic rings. The van der Waals surface area contributed by atoms with Crippen molar-refractivity contribution >= 4 is 23.2 Å². The molecule has 0 aliphatic rings. The van der Waals surface area contributed by atoms with Crippen LogP contribution in [-0.4, -0.2) is 50.6 Å². The van der Waals surface area contributed by atoms with Crippen LogP contribution in [0.1, 0.15) is 10.4 Å². The largest absolute Gasteiger partial charge is 0.490 e. The molecular formula is C25H27N3O4. The maximum Gasteiger partial charge on any atom is 0.253 e. The predicted molar refractivity (Wildman–Crippen MR) is 125 cm³/mol. The lowest BCUT2D eigenvalue weighted by Gasteiger charge is -2.12. The summed E-state index contributed by atoms with van der Waals surface area (Å²) < 4.78 is 11.3. The topological polar surface area (TPSA) is 79.9 Å². The minimum Gasteiger partial charge on any atom is -0.490 e. The van der Waals surface area contributed by atoms with Crippen LogP contribution in [0.4, 0.5) is 11.4 Å². The van der Waals surface area contributed by atoms with Crippen molar-refractivity contribution in [2.45, 2.75) is 0 Å². The number of hydrogen-bond donors (Lipinski definition) is 2. The molecule has 0 aromatic heterocycles. The second-order valence-corrected chi connectivity index (χ2v) is 7.22. The molecule has 3 rings (SSSR count). The first kappa shape index (κ1) is 22.7. The molecule has 0 spiro atoms. The van der Waals surface area contributed by atoms with E-state index >= 15 is 0 Å². The van der Waals surface area contributed by atoms with E-state index in [1.54, 1.807) is 38.4 Å². The molecule has 32 heavy (non-hydrogen) atoms. The molecule has 0 aliphatic heterocycles. The van der Waals surface area contributed by atoms with Gasteiger partial charge in [0.2, 0.25) is 5.91 Å². The van der Waals surface area contributed by atoms with Gasteiger partial charge in [-0.1, -0.05) is 24.3 Å². The standard InChI is InChI=1S/C25H27N3O4/c1-28(2)25(30)19-11-13-20(14-12-19)27-24(29)18-26-21-7-6-10-23(17-21)32-16-15-31-22-8-4-3-5-9-22/h3-14,17,26H,15-16,18H2,1-2H3,(H,27,29). The summed E-state index contributed by atoms with van der Waals surface area (Å²) in [6, 6.07) is 23.8. The zero-order valence-corrected chi connectivity index (χ0v) is 18.2. The molecule has 0 heterocycles. The van der Waals surface area contributed by atoms with Gasteiger partial charge in [0, 0.05) is 37.1 Å². The van der Waals surface area contributed by atoms with Crippen molar-refractivity contribution in [2.24, 2.45) is 0 Å². The highest BCUT2D eigenvalue weighted by atomic mass is 16.5. The van der Waals surface area contributed by atoms with Gasteiger partial charge in [-0.25, -0.2) is 0 Å². The Labute approximate surface area is 188 Å². The zero-order valence-electron chi connectivity index (χ0n) is 18.2. The van der Waals surface area contributed by atoms with Gasteiger partial charge in [0.1, 0.15) is 24.7 Å². The van der Waals surface area contributed by atoms with Crippen molar-refractivity contribution in [2.75, 3.05) is 44.5 Å². The monoisotopic (exact) mass is 433 g/mol. The first-order valence-corrected chi connectivity index (χ1v) is 10.3. The van der Waals surface area contributed by atoms with E-state index in [0.29, 0.717) is 30.2 Å². The van der Waals surface area contributed by atoms with Crippen molar-refractivity contribution in [3.8, 4) is 11.5 Å². The first-order chi connectivity index (χ1) is 15.5. The number of nitrogens with one attached hydrogen (secondary N) is 2. The van der Waals surface area contributed by atoms with Crippen molar-refractivity contribution in [1.29, 1.82) is 0 Å². The molecule has 0 radical (unpaired) electrons. The highest BCUT2D eigenvalue weighted by Gasteiger charge is 2.08. The summed E-state index contributed by atoms with van der Waals surface area (Å²) in [4.78, 5) is 25.7. The third-order valence-corrected chi connectivity index (χ3v) is 4.47. The Bertz CT molecular complexity index is 1020. The molecular weight excluding hydrogens is 406 g/mol. The third kappa shape index (κ3) is 7.05. The smallest absolute Gasteiger partial charge is 0.253 e. The number of benzene rings is 3. The molecule has 0 saturated carbocycles. The maximum atomic E-state index is 12.2. The second-order valence-electron chi connectivity index (χ2n) is 7.22. The van der Waals surface area contributed by atoms with Crippen LogP contribution in [-0.2, 0) is 4.79 Å². The molecule has 0 fully saturated rings. The molecule has 7 heteroatoms. The summed E-state index contributed by atoms with van der Waals surface area (Å²) in [5.41, 5.74) is 1.97.